The van der Waals surface area contributed by atoms with Crippen molar-refractivity contribution in [2.24, 2.45) is 11.7 Å². The van der Waals surface area contributed by atoms with Crippen LogP contribution in [0.1, 0.15) is 47.7 Å². The monoisotopic (exact) mass is 569 g/mol. The quantitative estimate of drug-likeness (QED) is 0.284. The van der Waals surface area contributed by atoms with Crippen LogP contribution in [0.2, 0.25) is 10.0 Å². The summed E-state index contributed by atoms with van der Waals surface area (Å²) >= 11 is 12.1. The molecule has 1 fully saturated rings. The Kier molecular flexibility index (Phi) is 8.58. The fourth-order valence-electron chi connectivity index (χ4n) is 3.49. The normalized spacial score (nSPS) is 13.7. The molecular weight excluding hydrogens is 547 g/mol. The number of nitrogens with zero attached hydrogens (tertiary/aromatic N) is 1. The lowest BCUT2D eigenvalue weighted by Gasteiger charge is -2.13. The molecule has 0 bridgehead atoms. The first-order chi connectivity index (χ1) is 18.1. The lowest BCUT2D eigenvalue weighted by molar-refractivity contribution is -0.0515. The molecule has 3 aromatic rings. The fraction of sp³-hybridized carbons (Fsp3) is 0.320. The summed E-state index contributed by atoms with van der Waals surface area (Å²) in [6.07, 6.45) is -0.170. The number of hydrogen-bond acceptors (Lipinski definition) is 7. The molecule has 2 amide bonds. The fourth-order valence-corrected chi connectivity index (χ4v) is 3.96. The topological polar surface area (TPSA) is 126 Å². The van der Waals surface area contributed by atoms with Crippen LogP contribution in [-0.2, 0) is 11.3 Å². The van der Waals surface area contributed by atoms with Crippen molar-refractivity contribution in [1.29, 1.82) is 0 Å². The first-order valence-electron chi connectivity index (χ1n) is 11.5. The zero-order valence-corrected chi connectivity index (χ0v) is 21.5. The van der Waals surface area contributed by atoms with Crippen LogP contribution in [0.15, 0.2) is 40.8 Å². The molecule has 38 heavy (non-hydrogen) atoms. The van der Waals surface area contributed by atoms with Crippen molar-refractivity contribution in [2.45, 2.75) is 39.0 Å². The summed E-state index contributed by atoms with van der Waals surface area (Å²) in [6, 6.07) is 8.96. The number of ether oxygens (including phenoxy) is 3. The molecule has 2 aromatic carbocycles. The molecule has 9 nitrogen and oxygen atoms in total. The average molecular weight is 570 g/mol. The van der Waals surface area contributed by atoms with Crippen molar-refractivity contribution in [2.75, 3.05) is 6.61 Å². The van der Waals surface area contributed by atoms with Crippen molar-refractivity contribution >= 4 is 35.2 Å². The molecule has 3 N–H and O–H groups in total. The Balaban J connectivity index is 1.63. The van der Waals surface area contributed by atoms with Gasteiger partial charge in [-0.25, -0.2) is 9.78 Å². The standard InChI is InChI=1S/C25H23Cl2F2N3O6/c1-12(36-25(30)34)21-20(22(33)31-10-15-4-6-16(26)9-17(15)27)32-23(38-21)14-5-7-18(37-24(28)29)19(8-14)35-11-13-2-3-13/h4-9,12-13,24H,2-3,10-11H2,1H3,(H2,30,34)(H,31,33). The number of aromatic nitrogens is 1. The molecule has 202 valence electrons. The number of alkyl halides is 2. The van der Waals surface area contributed by atoms with Crippen LogP contribution in [0.4, 0.5) is 13.6 Å². The molecule has 0 radical (unpaired) electrons. The smallest absolute Gasteiger partial charge is 0.405 e. The number of primary amides is 1. The summed E-state index contributed by atoms with van der Waals surface area (Å²) < 4.78 is 46.8. The summed E-state index contributed by atoms with van der Waals surface area (Å²) in [5, 5.41) is 3.48. The highest BCUT2D eigenvalue weighted by molar-refractivity contribution is 6.35. The summed E-state index contributed by atoms with van der Waals surface area (Å²) in [7, 11) is 0. The largest absolute Gasteiger partial charge is 0.489 e. The molecule has 1 unspecified atom stereocenters. The van der Waals surface area contributed by atoms with Crippen molar-refractivity contribution in [3.8, 4) is 23.0 Å². The maximum atomic E-state index is 13.1. The molecule has 1 heterocycles. The third-order valence-corrected chi connectivity index (χ3v) is 6.15. The molecule has 4 rings (SSSR count). The first-order valence-corrected chi connectivity index (χ1v) is 12.3. The zero-order valence-electron chi connectivity index (χ0n) is 20.0. The van der Waals surface area contributed by atoms with E-state index in [-0.39, 0.29) is 35.4 Å². The van der Waals surface area contributed by atoms with Gasteiger partial charge in [-0.05, 0) is 61.6 Å². The third kappa shape index (κ3) is 7.05. The first kappa shape index (κ1) is 27.5. The van der Waals surface area contributed by atoms with E-state index in [1.807, 2.05) is 0 Å². The van der Waals surface area contributed by atoms with Crippen molar-refractivity contribution in [3.05, 3.63) is 63.5 Å². The number of benzene rings is 2. The van der Waals surface area contributed by atoms with Gasteiger partial charge in [0.05, 0.1) is 6.61 Å². The SMILES string of the molecule is CC(OC(N)=O)c1oc(-c2ccc(OC(F)F)c(OCC3CC3)c2)nc1C(=O)NCc1ccc(Cl)cc1Cl. The van der Waals surface area contributed by atoms with Gasteiger partial charge in [-0.3, -0.25) is 4.79 Å². The van der Waals surface area contributed by atoms with Gasteiger partial charge in [0.2, 0.25) is 5.89 Å². The molecule has 1 saturated carbocycles. The summed E-state index contributed by atoms with van der Waals surface area (Å²) in [5.41, 5.74) is 5.87. The van der Waals surface area contributed by atoms with E-state index in [4.69, 9.17) is 42.8 Å². The molecular formula is C25H23Cl2F2N3O6. The van der Waals surface area contributed by atoms with Crippen molar-refractivity contribution < 1.29 is 37.0 Å². The van der Waals surface area contributed by atoms with Gasteiger partial charge in [-0.15, -0.1) is 0 Å². The summed E-state index contributed by atoms with van der Waals surface area (Å²) in [5.74, 6) is -0.508. The van der Waals surface area contributed by atoms with Crippen LogP contribution < -0.4 is 20.5 Å². The minimum Gasteiger partial charge on any atom is -0.489 e. The number of nitrogens with one attached hydrogen (secondary N) is 1. The average Bonchev–Trinajstić information content (AvgIpc) is 3.57. The highest BCUT2D eigenvalue weighted by Crippen LogP contribution is 2.37. The van der Waals surface area contributed by atoms with Crippen LogP contribution in [-0.4, -0.2) is 30.2 Å². The number of oxazole rings is 1. The number of carbonyl (C=O) groups is 2. The molecule has 1 aliphatic rings. The van der Waals surface area contributed by atoms with Crippen LogP contribution >= 0.6 is 23.2 Å². The van der Waals surface area contributed by atoms with E-state index in [2.05, 4.69) is 15.0 Å². The van der Waals surface area contributed by atoms with Crippen LogP contribution in [0.3, 0.4) is 0 Å². The van der Waals surface area contributed by atoms with Gasteiger partial charge >= 0.3 is 12.7 Å². The van der Waals surface area contributed by atoms with Gasteiger partial charge in [-0.1, -0.05) is 29.3 Å². The Morgan fingerprint density at radius 1 is 1.18 bits per heavy atom. The second kappa shape index (κ2) is 11.9. The Morgan fingerprint density at radius 2 is 1.95 bits per heavy atom. The lowest BCUT2D eigenvalue weighted by Crippen LogP contribution is -2.25. The minimum atomic E-state index is -3.05. The van der Waals surface area contributed by atoms with E-state index in [1.54, 1.807) is 12.1 Å². The van der Waals surface area contributed by atoms with Crippen LogP contribution in [0.25, 0.3) is 11.5 Å². The Bertz CT molecular complexity index is 1330. The second-order valence-corrected chi connectivity index (χ2v) is 9.37. The minimum absolute atomic E-state index is 0.0420. The molecule has 1 aliphatic carbocycles. The van der Waals surface area contributed by atoms with Gasteiger partial charge in [0.1, 0.15) is 0 Å². The van der Waals surface area contributed by atoms with Crippen LogP contribution in [0, 0.1) is 5.92 Å². The molecule has 0 aliphatic heterocycles. The zero-order chi connectivity index (χ0) is 27.4. The highest BCUT2D eigenvalue weighted by Gasteiger charge is 2.28. The van der Waals surface area contributed by atoms with Gasteiger partial charge < -0.3 is 29.7 Å². The molecule has 1 atom stereocenters. The Labute approximate surface area is 226 Å². The third-order valence-electron chi connectivity index (χ3n) is 5.56. The van der Waals surface area contributed by atoms with E-state index in [9.17, 15) is 18.4 Å². The van der Waals surface area contributed by atoms with Gasteiger partial charge in [-0.2, -0.15) is 8.78 Å². The Morgan fingerprint density at radius 3 is 2.61 bits per heavy atom. The van der Waals surface area contributed by atoms with Gasteiger partial charge in [0, 0.05) is 22.2 Å². The van der Waals surface area contributed by atoms with Crippen molar-refractivity contribution in [1.82, 2.24) is 10.3 Å². The number of hydrogen-bond donors (Lipinski definition) is 2. The van der Waals surface area contributed by atoms with Crippen molar-refractivity contribution in [3.63, 3.8) is 0 Å². The Hall–Kier alpha value is -3.57. The predicted octanol–water partition coefficient (Wildman–Crippen LogP) is 6.12. The van der Waals surface area contributed by atoms with E-state index in [0.717, 1.165) is 12.8 Å². The molecule has 0 saturated heterocycles. The lowest BCUT2D eigenvalue weighted by atomic mass is 10.2. The van der Waals surface area contributed by atoms with E-state index < -0.39 is 24.7 Å². The highest BCUT2D eigenvalue weighted by atomic mass is 35.5. The predicted molar refractivity (Wildman–Crippen MR) is 134 cm³/mol. The number of rotatable bonds is 11. The maximum absolute atomic E-state index is 13.1. The molecule has 0 spiro atoms. The summed E-state index contributed by atoms with van der Waals surface area (Å²) in [4.78, 5) is 28.7. The maximum Gasteiger partial charge on any atom is 0.405 e. The van der Waals surface area contributed by atoms with E-state index in [0.29, 0.717) is 33.7 Å². The number of amides is 2. The number of carbonyl (C=O) groups excluding carboxylic acids is 2. The summed E-state index contributed by atoms with van der Waals surface area (Å²) in [6.45, 7) is -1.22. The van der Waals surface area contributed by atoms with Gasteiger partial charge in [0.15, 0.2) is 29.1 Å². The van der Waals surface area contributed by atoms with Gasteiger partial charge in [0.25, 0.3) is 5.91 Å². The van der Waals surface area contributed by atoms with E-state index in [1.165, 1.54) is 31.2 Å². The second-order valence-electron chi connectivity index (χ2n) is 8.52. The number of nitrogens with two attached hydrogens (primary N) is 1. The number of halogens is 4. The van der Waals surface area contributed by atoms with E-state index >= 15 is 0 Å². The van der Waals surface area contributed by atoms with Crippen LogP contribution in [0.5, 0.6) is 11.5 Å². The molecule has 1 aromatic heterocycles. The molecule has 13 heteroatoms.